The van der Waals surface area contributed by atoms with Crippen LogP contribution in [-0.4, -0.2) is 41.8 Å². The summed E-state index contributed by atoms with van der Waals surface area (Å²) < 4.78 is 0. The molecule has 0 fully saturated rings. The maximum absolute atomic E-state index is 10.5. The molecule has 0 aliphatic heterocycles. The molecule has 0 aliphatic rings. The molecule has 2 rings (SSSR count). The zero-order valence-corrected chi connectivity index (χ0v) is 12.8. The van der Waals surface area contributed by atoms with Crippen LogP contribution in [0.2, 0.25) is 0 Å². The maximum atomic E-state index is 10.5. The van der Waals surface area contributed by atoms with Crippen molar-refractivity contribution < 1.29 is 5.11 Å². The van der Waals surface area contributed by atoms with Crippen molar-refractivity contribution in [3.05, 3.63) is 71.8 Å². The standard InChI is InChI=1S/C18H24N2O/c1-19(2)15-18(21)20(13-16-9-5-3-6-10-16)14-17-11-7-4-8-12-17/h3-12,18,21H,13-15H2,1-2H3. The van der Waals surface area contributed by atoms with Gasteiger partial charge in [0, 0.05) is 19.6 Å². The van der Waals surface area contributed by atoms with E-state index in [9.17, 15) is 5.11 Å². The second-order valence-corrected chi connectivity index (χ2v) is 5.62. The molecule has 0 spiro atoms. The van der Waals surface area contributed by atoms with E-state index in [0.29, 0.717) is 6.54 Å². The lowest BCUT2D eigenvalue weighted by Gasteiger charge is -2.30. The van der Waals surface area contributed by atoms with Gasteiger partial charge in [-0.3, -0.25) is 4.90 Å². The first-order chi connectivity index (χ1) is 10.1. The van der Waals surface area contributed by atoms with Crippen LogP contribution in [0.3, 0.4) is 0 Å². The predicted molar refractivity (Wildman–Crippen MR) is 86.7 cm³/mol. The topological polar surface area (TPSA) is 26.7 Å². The number of benzene rings is 2. The normalized spacial score (nSPS) is 12.8. The summed E-state index contributed by atoms with van der Waals surface area (Å²) in [6.07, 6.45) is -0.486. The van der Waals surface area contributed by atoms with Crippen molar-refractivity contribution in [2.45, 2.75) is 19.3 Å². The Hall–Kier alpha value is -1.68. The lowest BCUT2D eigenvalue weighted by Crippen LogP contribution is -2.41. The van der Waals surface area contributed by atoms with Crippen LogP contribution in [0.15, 0.2) is 60.7 Å². The van der Waals surface area contributed by atoms with Crippen molar-refractivity contribution in [1.29, 1.82) is 0 Å². The van der Waals surface area contributed by atoms with Crippen LogP contribution in [0.4, 0.5) is 0 Å². The Kier molecular flexibility index (Phi) is 5.93. The van der Waals surface area contributed by atoms with Crippen molar-refractivity contribution >= 4 is 0 Å². The van der Waals surface area contributed by atoms with E-state index >= 15 is 0 Å². The average molecular weight is 284 g/mol. The predicted octanol–water partition coefficient (Wildman–Crippen LogP) is 2.57. The maximum Gasteiger partial charge on any atom is 0.120 e. The Morgan fingerprint density at radius 3 is 1.62 bits per heavy atom. The first-order valence-corrected chi connectivity index (χ1v) is 7.30. The molecule has 2 aromatic rings. The fraction of sp³-hybridized carbons (Fsp3) is 0.333. The van der Waals surface area contributed by atoms with Gasteiger partial charge in [0.05, 0.1) is 0 Å². The summed E-state index contributed by atoms with van der Waals surface area (Å²) in [4.78, 5) is 4.11. The minimum atomic E-state index is -0.486. The molecule has 0 amide bonds. The number of hydrogen-bond donors (Lipinski definition) is 1. The summed E-state index contributed by atoms with van der Waals surface area (Å²) in [5.74, 6) is 0. The fourth-order valence-electron chi connectivity index (χ4n) is 2.34. The zero-order valence-electron chi connectivity index (χ0n) is 12.8. The monoisotopic (exact) mass is 284 g/mol. The summed E-state index contributed by atoms with van der Waals surface area (Å²) in [6.45, 7) is 2.11. The first-order valence-electron chi connectivity index (χ1n) is 7.30. The van der Waals surface area contributed by atoms with Crippen molar-refractivity contribution in [1.82, 2.24) is 9.80 Å². The van der Waals surface area contributed by atoms with Crippen LogP contribution in [-0.2, 0) is 13.1 Å². The first kappa shape index (κ1) is 15.7. The fourth-order valence-corrected chi connectivity index (χ4v) is 2.34. The Labute approximate surface area is 127 Å². The SMILES string of the molecule is CN(C)CC(O)N(Cc1ccccc1)Cc1ccccc1. The van der Waals surface area contributed by atoms with E-state index in [1.807, 2.05) is 55.4 Å². The highest BCUT2D eigenvalue weighted by Crippen LogP contribution is 2.12. The van der Waals surface area contributed by atoms with Crippen LogP contribution < -0.4 is 0 Å². The van der Waals surface area contributed by atoms with Gasteiger partial charge in [-0.25, -0.2) is 0 Å². The number of likely N-dealkylation sites (N-methyl/N-ethyl adjacent to an activating group) is 1. The Bertz CT molecular complexity index is 472. The number of aliphatic hydroxyl groups is 1. The van der Waals surface area contributed by atoms with Gasteiger partial charge in [0.25, 0.3) is 0 Å². The van der Waals surface area contributed by atoms with E-state index < -0.39 is 6.23 Å². The smallest absolute Gasteiger partial charge is 0.120 e. The molecule has 0 bridgehead atoms. The third kappa shape index (κ3) is 5.31. The van der Waals surface area contributed by atoms with Crippen LogP contribution in [0.25, 0.3) is 0 Å². The molecule has 112 valence electrons. The molecule has 0 aromatic heterocycles. The Balaban J connectivity index is 2.10. The number of rotatable bonds is 7. The summed E-state index contributed by atoms with van der Waals surface area (Å²) in [7, 11) is 3.96. The molecule has 3 nitrogen and oxygen atoms in total. The number of hydrogen-bond acceptors (Lipinski definition) is 3. The summed E-state index contributed by atoms with van der Waals surface area (Å²) in [5.41, 5.74) is 2.43. The van der Waals surface area contributed by atoms with E-state index in [0.717, 1.165) is 13.1 Å². The molecule has 1 N–H and O–H groups in total. The number of nitrogens with zero attached hydrogens (tertiary/aromatic N) is 2. The van der Waals surface area contributed by atoms with Gasteiger partial charge in [0.1, 0.15) is 6.23 Å². The third-order valence-electron chi connectivity index (χ3n) is 3.41. The summed E-state index contributed by atoms with van der Waals surface area (Å²) >= 11 is 0. The van der Waals surface area contributed by atoms with Crippen LogP contribution >= 0.6 is 0 Å². The highest BCUT2D eigenvalue weighted by Gasteiger charge is 2.17. The molecule has 21 heavy (non-hydrogen) atoms. The number of aliphatic hydroxyl groups excluding tert-OH is 1. The summed E-state index contributed by atoms with van der Waals surface area (Å²) in [6, 6.07) is 20.6. The van der Waals surface area contributed by atoms with Gasteiger partial charge >= 0.3 is 0 Å². The molecule has 1 unspecified atom stereocenters. The van der Waals surface area contributed by atoms with Crippen LogP contribution in [0.1, 0.15) is 11.1 Å². The zero-order chi connectivity index (χ0) is 15.1. The molecule has 1 atom stereocenters. The van der Waals surface area contributed by atoms with Crippen molar-refractivity contribution in [3.63, 3.8) is 0 Å². The van der Waals surface area contributed by atoms with E-state index in [4.69, 9.17) is 0 Å². The van der Waals surface area contributed by atoms with Gasteiger partial charge in [0.15, 0.2) is 0 Å². The van der Waals surface area contributed by atoms with Gasteiger partial charge in [0.2, 0.25) is 0 Å². The highest BCUT2D eigenvalue weighted by atomic mass is 16.3. The molecule has 2 aromatic carbocycles. The lowest BCUT2D eigenvalue weighted by atomic mass is 10.1. The van der Waals surface area contributed by atoms with E-state index in [2.05, 4.69) is 29.2 Å². The average Bonchev–Trinajstić information content (AvgIpc) is 2.48. The molecular weight excluding hydrogens is 260 g/mol. The molecular formula is C18H24N2O. The van der Waals surface area contributed by atoms with Gasteiger partial charge in [-0.05, 0) is 25.2 Å². The largest absolute Gasteiger partial charge is 0.377 e. The lowest BCUT2D eigenvalue weighted by molar-refractivity contribution is -0.0236. The minimum absolute atomic E-state index is 0.486. The molecule has 0 radical (unpaired) electrons. The van der Waals surface area contributed by atoms with E-state index in [-0.39, 0.29) is 0 Å². The van der Waals surface area contributed by atoms with Crippen molar-refractivity contribution in [2.24, 2.45) is 0 Å². The molecule has 0 heterocycles. The van der Waals surface area contributed by atoms with E-state index in [1.165, 1.54) is 11.1 Å². The van der Waals surface area contributed by atoms with Crippen molar-refractivity contribution in [3.8, 4) is 0 Å². The molecule has 0 aliphatic carbocycles. The minimum Gasteiger partial charge on any atom is -0.377 e. The third-order valence-corrected chi connectivity index (χ3v) is 3.41. The molecule has 3 heteroatoms. The van der Waals surface area contributed by atoms with Gasteiger partial charge in [-0.15, -0.1) is 0 Å². The van der Waals surface area contributed by atoms with Crippen LogP contribution in [0, 0.1) is 0 Å². The summed E-state index contributed by atoms with van der Waals surface area (Å²) in [5, 5.41) is 10.5. The van der Waals surface area contributed by atoms with Gasteiger partial charge in [-0.2, -0.15) is 0 Å². The molecule has 0 saturated carbocycles. The van der Waals surface area contributed by atoms with E-state index in [1.54, 1.807) is 0 Å². The molecule has 0 saturated heterocycles. The Morgan fingerprint density at radius 1 is 0.810 bits per heavy atom. The highest BCUT2D eigenvalue weighted by molar-refractivity contribution is 5.17. The second kappa shape index (κ2) is 7.93. The van der Waals surface area contributed by atoms with Gasteiger partial charge in [-0.1, -0.05) is 60.7 Å². The quantitative estimate of drug-likeness (QED) is 0.792. The second-order valence-electron chi connectivity index (χ2n) is 5.62. The van der Waals surface area contributed by atoms with Crippen LogP contribution in [0.5, 0.6) is 0 Å². The van der Waals surface area contributed by atoms with Gasteiger partial charge < -0.3 is 10.0 Å². The Morgan fingerprint density at radius 2 is 1.24 bits per heavy atom. The van der Waals surface area contributed by atoms with Crippen molar-refractivity contribution in [2.75, 3.05) is 20.6 Å².